The van der Waals surface area contributed by atoms with E-state index in [1.165, 1.54) is 55.3 Å². The molecule has 0 amide bonds. The van der Waals surface area contributed by atoms with Crippen LogP contribution < -0.4 is 10.2 Å². The second-order valence-electron chi connectivity index (χ2n) is 13.8. The number of anilines is 5. The highest BCUT2D eigenvalue weighted by atomic mass is 15.1. The molecule has 258 valence electrons. The Morgan fingerprint density at radius 3 is 1.39 bits per heavy atom. The summed E-state index contributed by atoms with van der Waals surface area (Å²) >= 11 is 0. The summed E-state index contributed by atoms with van der Waals surface area (Å²) in [7, 11) is 0. The van der Waals surface area contributed by atoms with E-state index in [1.807, 2.05) is 0 Å². The van der Waals surface area contributed by atoms with Crippen molar-refractivity contribution in [1.82, 2.24) is 0 Å². The van der Waals surface area contributed by atoms with Gasteiger partial charge in [-0.05, 0) is 117 Å². The second kappa shape index (κ2) is 15.0. The maximum atomic E-state index is 3.57. The molecule has 54 heavy (non-hydrogen) atoms. The summed E-state index contributed by atoms with van der Waals surface area (Å²) in [4.78, 5) is 2.37. The third-order valence-corrected chi connectivity index (χ3v) is 10.3. The highest BCUT2D eigenvalue weighted by molar-refractivity contribution is 5.99. The number of allylic oxidation sites excluding steroid dienone is 4. The average Bonchev–Trinajstić information content (AvgIpc) is 3.26. The molecule has 0 saturated carbocycles. The highest BCUT2D eigenvalue weighted by Crippen LogP contribution is 2.40. The molecule has 8 aromatic rings. The van der Waals surface area contributed by atoms with Gasteiger partial charge in [0.1, 0.15) is 0 Å². The van der Waals surface area contributed by atoms with E-state index in [4.69, 9.17) is 0 Å². The van der Waals surface area contributed by atoms with Crippen molar-refractivity contribution in [3.8, 4) is 33.4 Å². The Kier molecular flexibility index (Phi) is 9.15. The van der Waals surface area contributed by atoms with Crippen molar-refractivity contribution in [2.75, 3.05) is 10.2 Å². The van der Waals surface area contributed by atoms with E-state index in [0.29, 0.717) is 0 Å². The van der Waals surface area contributed by atoms with Crippen LogP contribution in [0, 0.1) is 0 Å². The van der Waals surface area contributed by atoms with Gasteiger partial charge in [-0.3, -0.25) is 0 Å². The van der Waals surface area contributed by atoms with Gasteiger partial charge in [0, 0.05) is 28.1 Å². The Balaban J connectivity index is 0.971. The normalized spacial score (nSPS) is 12.3. The van der Waals surface area contributed by atoms with Crippen molar-refractivity contribution in [3.05, 3.63) is 218 Å². The number of hydrogen-bond acceptors (Lipinski definition) is 2. The second-order valence-corrected chi connectivity index (χ2v) is 13.8. The smallest absolute Gasteiger partial charge is 0.0540 e. The minimum absolute atomic E-state index is 1.07. The minimum atomic E-state index is 1.07. The molecule has 0 unspecified atom stereocenters. The number of rotatable bonds is 9. The first-order valence-electron chi connectivity index (χ1n) is 18.7. The Morgan fingerprint density at radius 1 is 0.370 bits per heavy atom. The average molecular weight is 693 g/mol. The number of benzene rings is 8. The molecule has 0 spiro atoms. The maximum absolute atomic E-state index is 3.57. The number of nitrogens with one attached hydrogen (secondary N) is 1. The van der Waals surface area contributed by atoms with Crippen LogP contribution in [-0.4, -0.2) is 0 Å². The molecule has 0 bridgehead atoms. The lowest BCUT2D eigenvalue weighted by Crippen LogP contribution is -2.10. The third-order valence-electron chi connectivity index (χ3n) is 10.3. The van der Waals surface area contributed by atoms with E-state index in [2.05, 4.69) is 223 Å². The van der Waals surface area contributed by atoms with Crippen molar-refractivity contribution in [3.63, 3.8) is 0 Å². The first kappa shape index (κ1) is 33.0. The van der Waals surface area contributed by atoms with E-state index in [9.17, 15) is 0 Å². The summed E-state index contributed by atoms with van der Waals surface area (Å²) in [6.45, 7) is 0. The van der Waals surface area contributed by atoms with Gasteiger partial charge in [0.25, 0.3) is 0 Å². The molecule has 9 rings (SSSR count). The van der Waals surface area contributed by atoms with Crippen LogP contribution in [-0.2, 0) is 0 Å². The highest BCUT2D eigenvalue weighted by Gasteiger charge is 2.16. The molecule has 2 heteroatoms. The topological polar surface area (TPSA) is 15.3 Å². The molecular weight excluding hydrogens is 653 g/mol. The summed E-state index contributed by atoms with van der Waals surface area (Å²) < 4.78 is 0. The van der Waals surface area contributed by atoms with Crippen LogP contribution in [0.25, 0.3) is 49.7 Å². The van der Waals surface area contributed by atoms with Gasteiger partial charge in [-0.15, -0.1) is 0 Å². The zero-order valence-electron chi connectivity index (χ0n) is 30.1. The molecule has 0 saturated heterocycles. The number of fused-ring (bicyclic) bond motifs is 1. The molecule has 0 aromatic heterocycles. The maximum Gasteiger partial charge on any atom is 0.0540 e. The van der Waals surface area contributed by atoms with Gasteiger partial charge in [0.05, 0.1) is 5.69 Å². The SMILES string of the molecule is C1=CC(c2ccc(Nc3ccc(-c4ccc(N(c5ccc(-c6ccc(-c7ccccc7)cc6)cc5)c5cccc6ccccc56)cc4)cc3)cc2)=CCC1. The van der Waals surface area contributed by atoms with Gasteiger partial charge in [-0.25, -0.2) is 0 Å². The molecule has 0 aliphatic heterocycles. The molecule has 0 atom stereocenters. The van der Waals surface area contributed by atoms with Crippen LogP contribution in [0.4, 0.5) is 28.4 Å². The monoisotopic (exact) mass is 692 g/mol. The summed E-state index contributed by atoms with van der Waals surface area (Å²) in [5.74, 6) is 0. The van der Waals surface area contributed by atoms with Crippen molar-refractivity contribution in [2.45, 2.75) is 12.8 Å². The standard InChI is InChI=1S/C52H40N2/c1-3-10-38(11-4-1)40-18-20-41(21-19-40)44-26-34-49(35-27-44)54(52-17-9-15-46-14-7-8-16-51(46)52)50-36-28-45(29-37-50)43-24-32-48(33-25-43)53-47-30-22-42(23-31-47)39-12-5-2-6-13-39/h1,3-5,7-37,53H,2,6H2. The Labute approximate surface area is 318 Å². The summed E-state index contributed by atoms with van der Waals surface area (Å²) in [5.41, 5.74) is 15.3. The van der Waals surface area contributed by atoms with E-state index in [0.717, 1.165) is 41.3 Å². The van der Waals surface area contributed by atoms with Crippen molar-refractivity contribution in [1.29, 1.82) is 0 Å². The summed E-state index contributed by atoms with van der Waals surface area (Å²) in [5, 5.41) is 6.00. The van der Waals surface area contributed by atoms with Gasteiger partial charge in [0.15, 0.2) is 0 Å². The molecule has 0 radical (unpaired) electrons. The predicted octanol–water partition coefficient (Wildman–Crippen LogP) is 14.8. The first-order valence-corrected chi connectivity index (χ1v) is 18.7. The van der Waals surface area contributed by atoms with Gasteiger partial charge in [0.2, 0.25) is 0 Å². The van der Waals surface area contributed by atoms with Gasteiger partial charge >= 0.3 is 0 Å². The molecule has 1 aliphatic carbocycles. The Hall–Kier alpha value is -6.90. The number of nitrogens with zero attached hydrogens (tertiary/aromatic N) is 1. The predicted molar refractivity (Wildman–Crippen MR) is 231 cm³/mol. The van der Waals surface area contributed by atoms with Crippen LogP contribution in [0.15, 0.2) is 212 Å². The molecule has 2 nitrogen and oxygen atoms in total. The first-order chi connectivity index (χ1) is 26.7. The van der Waals surface area contributed by atoms with Crippen LogP contribution in [0.2, 0.25) is 0 Å². The van der Waals surface area contributed by atoms with E-state index < -0.39 is 0 Å². The zero-order valence-corrected chi connectivity index (χ0v) is 30.1. The lowest BCUT2D eigenvalue weighted by Gasteiger charge is -2.27. The summed E-state index contributed by atoms with van der Waals surface area (Å²) in [6.07, 6.45) is 9.04. The minimum Gasteiger partial charge on any atom is -0.356 e. The van der Waals surface area contributed by atoms with E-state index in [1.54, 1.807) is 0 Å². The molecule has 1 N–H and O–H groups in total. The van der Waals surface area contributed by atoms with Crippen LogP contribution in [0.1, 0.15) is 18.4 Å². The number of hydrogen-bond donors (Lipinski definition) is 1. The van der Waals surface area contributed by atoms with Crippen molar-refractivity contribution < 1.29 is 0 Å². The lowest BCUT2D eigenvalue weighted by atomic mass is 9.99. The Morgan fingerprint density at radius 2 is 0.833 bits per heavy atom. The third kappa shape index (κ3) is 6.98. The van der Waals surface area contributed by atoms with Crippen molar-refractivity contribution in [2.24, 2.45) is 0 Å². The quantitative estimate of drug-likeness (QED) is 0.162. The van der Waals surface area contributed by atoms with E-state index >= 15 is 0 Å². The molecular formula is C52H40N2. The Bertz CT molecular complexity index is 2560. The molecule has 0 fully saturated rings. The van der Waals surface area contributed by atoms with Gasteiger partial charge < -0.3 is 10.2 Å². The van der Waals surface area contributed by atoms with Gasteiger partial charge in [-0.1, -0.05) is 158 Å². The fraction of sp³-hybridized carbons (Fsp3) is 0.0385. The molecule has 0 heterocycles. The van der Waals surface area contributed by atoms with Crippen LogP contribution in [0.5, 0.6) is 0 Å². The fourth-order valence-electron chi connectivity index (χ4n) is 7.41. The van der Waals surface area contributed by atoms with Crippen LogP contribution >= 0.6 is 0 Å². The largest absolute Gasteiger partial charge is 0.356 e. The fourth-order valence-corrected chi connectivity index (χ4v) is 7.41. The van der Waals surface area contributed by atoms with Crippen molar-refractivity contribution >= 4 is 44.8 Å². The van der Waals surface area contributed by atoms with E-state index in [-0.39, 0.29) is 0 Å². The lowest BCUT2D eigenvalue weighted by molar-refractivity contribution is 1.04. The molecule has 8 aromatic carbocycles. The van der Waals surface area contributed by atoms with Gasteiger partial charge in [-0.2, -0.15) is 0 Å². The van der Waals surface area contributed by atoms with Crippen LogP contribution in [0.3, 0.4) is 0 Å². The summed E-state index contributed by atoms with van der Waals surface area (Å²) in [6, 6.07) is 69.8. The zero-order chi connectivity index (χ0) is 36.1. The molecule has 1 aliphatic rings.